The lowest BCUT2D eigenvalue weighted by molar-refractivity contribution is -0.141. The van der Waals surface area contributed by atoms with Crippen molar-refractivity contribution in [3.8, 4) is 11.5 Å². The lowest BCUT2D eigenvalue weighted by Gasteiger charge is -2.21. The van der Waals surface area contributed by atoms with Crippen LogP contribution in [0.2, 0.25) is 0 Å². The van der Waals surface area contributed by atoms with E-state index in [-0.39, 0.29) is 24.3 Å². The van der Waals surface area contributed by atoms with Gasteiger partial charge >= 0.3 is 5.97 Å². The molecule has 7 nitrogen and oxygen atoms in total. The number of hydrogen-bond donors (Lipinski definition) is 3. The number of hydrogen-bond acceptors (Lipinski definition) is 5. The van der Waals surface area contributed by atoms with E-state index in [1.807, 2.05) is 0 Å². The summed E-state index contributed by atoms with van der Waals surface area (Å²) < 4.78 is 4.91. The zero-order chi connectivity index (χ0) is 14.9. The van der Waals surface area contributed by atoms with Gasteiger partial charge in [0.25, 0.3) is 5.91 Å². The van der Waals surface area contributed by atoms with Crippen LogP contribution in [0.5, 0.6) is 11.5 Å². The van der Waals surface area contributed by atoms with Gasteiger partial charge in [-0.25, -0.2) is 4.79 Å². The Morgan fingerprint density at radius 2 is 2.10 bits per heavy atom. The fraction of sp³-hybridized carbons (Fsp3) is 0.385. The molecule has 1 aromatic rings. The van der Waals surface area contributed by atoms with Crippen LogP contribution in [-0.4, -0.2) is 57.9 Å². The number of carboxylic acids is 1. The Labute approximate surface area is 115 Å². The molecular formula is C13H15NO6. The summed E-state index contributed by atoms with van der Waals surface area (Å²) in [5.74, 6) is -1.72. The van der Waals surface area contributed by atoms with Gasteiger partial charge in [-0.1, -0.05) is 0 Å². The number of ether oxygens (including phenoxy) is 1. The van der Waals surface area contributed by atoms with Crippen molar-refractivity contribution in [1.29, 1.82) is 0 Å². The Kier molecular flexibility index (Phi) is 3.80. The van der Waals surface area contributed by atoms with Crippen LogP contribution in [0.25, 0.3) is 0 Å². The number of carboxylic acid groups (broad SMARTS) is 1. The van der Waals surface area contributed by atoms with Crippen LogP contribution in [0.15, 0.2) is 18.2 Å². The number of amides is 1. The molecule has 1 aromatic carbocycles. The van der Waals surface area contributed by atoms with E-state index >= 15 is 0 Å². The predicted octanol–water partition coefficient (Wildman–Crippen LogP) is 0.0608. The van der Waals surface area contributed by atoms with E-state index in [9.17, 15) is 19.8 Å². The van der Waals surface area contributed by atoms with Gasteiger partial charge in [0, 0.05) is 19.0 Å². The molecule has 3 N–H and O–H groups in total. The average Bonchev–Trinajstić information content (AvgIpc) is 2.80. The van der Waals surface area contributed by atoms with Crippen LogP contribution in [0.3, 0.4) is 0 Å². The number of aliphatic carboxylic acids is 1. The Morgan fingerprint density at radius 1 is 1.40 bits per heavy atom. The molecule has 0 bridgehead atoms. The van der Waals surface area contributed by atoms with Crippen LogP contribution in [0.4, 0.5) is 0 Å². The number of rotatable bonds is 3. The average molecular weight is 281 g/mol. The van der Waals surface area contributed by atoms with E-state index in [0.29, 0.717) is 5.75 Å². The van der Waals surface area contributed by atoms with E-state index < -0.39 is 24.0 Å². The number of likely N-dealkylation sites (tertiary alicyclic amines) is 1. The minimum absolute atomic E-state index is 0.0159. The van der Waals surface area contributed by atoms with Crippen LogP contribution < -0.4 is 4.74 Å². The summed E-state index contributed by atoms with van der Waals surface area (Å²) in [4.78, 5) is 24.4. The first kappa shape index (κ1) is 14.1. The Hall–Kier alpha value is -2.28. The second-order valence-corrected chi connectivity index (χ2v) is 4.58. The zero-order valence-electron chi connectivity index (χ0n) is 10.8. The Bertz CT molecular complexity index is 544. The van der Waals surface area contributed by atoms with Gasteiger partial charge in [0.2, 0.25) is 0 Å². The van der Waals surface area contributed by atoms with Gasteiger partial charge in [0.1, 0.15) is 17.5 Å². The maximum Gasteiger partial charge on any atom is 0.326 e. The molecule has 1 saturated heterocycles. The first-order valence-electron chi connectivity index (χ1n) is 6.03. The highest BCUT2D eigenvalue weighted by Gasteiger charge is 2.39. The number of aliphatic hydroxyl groups is 1. The van der Waals surface area contributed by atoms with Crippen LogP contribution in [0, 0.1) is 0 Å². The molecule has 2 rings (SSSR count). The number of carbonyl (C=O) groups excluding carboxylic acids is 1. The smallest absolute Gasteiger partial charge is 0.326 e. The maximum atomic E-state index is 12.3. The predicted molar refractivity (Wildman–Crippen MR) is 67.7 cm³/mol. The van der Waals surface area contributed by atoms with Gasteiger partial charge in [-0.3, -0.25) is 4.79 Å². The van der Waals surface area contributed by atoms with Crippen molar-refractivity contribution in [2.24, 2.45) is 0 Å². The summed E-state index contributed by atoms with van der Waals surface area (Å²) in [6, 6.07) is 3.05. The minimum Gasteiger partial charge on any atom is -0.507 e. The number of aromatic hydroxyl groups is 1. The third kappa shape index (κ3) is 2.53. The number of nitrogens with zero attached hydrogens (tertiary/aromatic N) is 1. The van der Waals surface area contributed by atoms with Gasteiger partial charge < -0.3 is 25.0 Å². The Morgan fingerprint density at radius 3 is 2.65 bits per heavy atom. The molecule has 0 radical (unpaired) electrons. The second kappa shape index (κ2) is 5.38. The summed E-state index contributed by atoms with van der Waals surface area (Å²) in [6.45, 7) is -0.0682. The number of β-amino-alcohol motifs (C(OH)–C–C–N with tert-alkyl or cyclic N) is 1. The van der Waals surface area contributed by atoms with Crippen molar-refractivity contribution in [1.82, 2.24) is 4.90 Å². The van der Waals surface area contributed by atoms with Crippen LogP contribution >= 0.6 is 0 Å². The number of methoxy groups -OCH3 is 1. The van der Waals surface area contributed by atoms with E-state index in [1.165, 1.54) is 25.3 Å². The second-order valence-electron chi connectivity index (χ2n) is 4.58. The molecule has 0 aliphatic carbocycles. The van der Waals surface area contributed by atoms with E-state index in [1.54, 1.807) is 0 Å². The first-order valence-corrected chi connectivity index (χ1v) is 6.03. The molecule has 1 heterocycles. The zero-order valence-corrected chi connectivity index (χ0v) is 10.8. The molecule has 7 heteroatoms. The van der Waals surface area contributed by atoms with Crippen molar-refractivity contribution in [3.05, 3.63) is 23.8 Å². The molecule has 1 amide bonds. The van der Waals surface area contributed by atoms with E-state index in [0.717, 1.165) is 4.90 Å². The highest BCUT2D eigenvalue weighted by molar-refractivity contribution is 5.99. The van der Waals surface area contributed by atoms with Crippen molar-refractivity contribution in [3.63, 3.8) is 0 Å². The van der Waals surface area contributed by atoms with Crippen LogP contribution in [-0.2, 0) is 4.79 Å². The molecule has 1 aliphatic rings. The molecule has 1 fully saturated rings. The monoisotopic (exact) mass is 281 g/mol. The van der Waals surface area contributed by atoms with Crippen molar-refractivity contribution in [2.75, 3.05) is 13.7 Å². The lowest BCUT2D eigenvalue weighted by Crippen LogP contribution is -2.40. The molecule has 0 saturated carbocycles. The SMILES string of the molecule is COc1ccc(C(=O)N2CC(O)C[C@H]2C(=O)O)c(O)c1. The Balaban J connectivity index is 2.29. The normalized spacial score (nSPS) is 21.8. The molecule has 0 aromatic heterocycles. The summed E-state index contributed by atoms with van der Waals surface area (Å²) in [6.07, 6.45) is -0.890. The molecule has 0 spiro atoms. The van der Waals surface area contributed by atoms with Gasteiger partial charge in [0.05, 0.1) is 18.8 Å². The molecule has 20 heavy (non-hydrogen) atoms. The van der Waals surface area contributed by atoms with Crippen LogP contribution in [0.1, 0.15) is 16.8 Å². The lowest BCUT2D eigenvalue weighted by atomic mass is 10.1. The van der Waals surface area contributed by atoms with Crippen molar-refractivity contribution >= 4 is 11.9 Å². The quantitative estimate of drug-likeness (QED) is 0.723. The van der Waals surface area contributed by atoms with Gasteiger partial charge in [-0.2, -0.15) is 0 Å². The number of benzene rings is 1. The molecule has 1 unspecified atom stereocenters. The number of carbonyl (C=O) groups is 2. The van der Waals surface area contributed by atoms with Gasteiger partial charge in [0.15, 0.2) is 0 Å². The topological polar surface area (TPSA) is 107 Å². The fourth-order valence-electron chi connectivity index (χ4n) is 2.25. The third-order valence-corrected chi connectivity index (χ3v) is 3.26. The molecular weight excluding hydrogens is 266 g/mol. The molecule has 2 atom stereocenters. The minimum atomic E-state index is -1.18. The summed E-state index contributed by atoms with van der Waals surface area (Å²) >= 11 is 0. The molecule has 108 valence electrons. The summed E-state index contributed by atoms with van der Waals surface area (Å²) in [7, 11) is 1.42. The maximum absolute atomic E-state index is 12.3. The summed E-state index contributed by atoms with van der Waals surface area (Å²) in [5, 5.41) is 28.4. The number of aliphatic hydroxyl groups excluding tert-OH is 1. The van der Waals surface area contributed by atoms with Gasteiger partial charge in [-0.05, 0) is 12.1 Å². The highest BCUT2D eigenvalue weighted by Crippen LogP contribution is 2.27. The summed E-state index contributed by atoms with van der Waals surface area (Å²) in [5.41, 5.74) is -0.0221. The standard InChI is InChI=1S/C13H15NO6/c1-20-8-2-3-9(11(16)5-8)12(17)14-6-7(15)4-10(14)13(18)19/h2-3,5,7,10,15-16H,4,6H2,1H3,(H,18,19)/t7?,10-/m0/s1. The number of phenols is 1. The van der Waals surface area contributed by atoms with Gasteiger partial charge in [-0.15, -0.1) is 0 Å². The largest absolute Gasteiger partial charge is 0.507 e. The van der Waals surface area contributed by atoms with Crippen molar-refractivity contribution in [2.45, 2.75) is 18.6 Å². The number of phenolic OH excluding ortho intramolecular Hbond substituents is 1. The first-order chi connectivity index (χ1) is 9.43. The van der Waals surface area contributed by atoms with E-state index in [2.05, 4.69) is 0 Å². The highest BCUT2D eigenvalue weighted by atomic mass is 16.5. The third-order valence-electron chi connectivity index (χ3n) is 3.26. The fourth-order valence-corrected chi connectivity index (χ4v) is 2.25. The molecule has 1 aliphatic heterocycles. The van der Waals surface area contributed by atoms with E-state index in [4.69, 9.17) is 9.84 Å². The van der Waals surface area contributed by atoms with Crippen molar-refractivity contribution < 1.29 is 29.6 Å².